The van der Waals surface area contributed by atoms with Crippen LogP contribution in [0.2, 0.25) is 0 Å². The molecule has 4 aromatic carbocycles. The van der Waals surface area contributed by atoms with Crippen LogP contribution in [0.25, 0.3) is 10.8 Å². The fourth-order valence-electron chi connectivity index (χ4n) is 4.80. The highest BCUT2D eigenvalue weighted by Gasteiger charge is 2.08. The van der Waals surface area contributed by atoms with Crippen LogP contribution in [-0.2, 0) is 25.7 Å². The molecule has 0 atom stereocenters. The molecular weight excluding hydrogens is 451 g/mol. The molecule has 4 rings (SSSR count). The van der Waals surface area contributed by atoms with Crippen molar-refractivity contribution < 1.29 is 4.39 Å². The Bertz CT molecular complexity index is 1330. The molecule has 0 saturated carbocycles. The number of fused-ring (bicyclic) bond motifs is 1. The molecule has 0 bridgehead atoms. The highest BCUT2D eigenvalue weighted by molar-refractivity contribution is 5.85. The fraction of sp³-hybridized carbons (Fsp3) is 0.333. The lowest BCUT2D eigenvalue weighted by molar-refractivity contribution is 0.620. The van der Waals surface area contributed by atoms with E-state index in [1.807, 2.05) is 30.3 Å². The number of unbranched alkanes of at least 4 members (excludes halogenated alkanes) is 4. The summed E-state index contributed by atoms with van der Waals surface area (Å²) in [6, 6.07) is 27.2. The summed E-state index contributed by atoms with van der Waals surface area (Å²) in [5.41, 5.74) is 6.72. The zero-order valence-electron chi connectivity index (χ0n) is 22.5. The van der Waals surface area contributed by atoms with Crippen molar-refractivity contribution in [1.82, 2.24) is 0 Å². The first-order valence-corrected chi connectivity index (χ1v) is 14.1. The minimum absolute atomic E-state index is 0.105. The number of halogens is 1. The van der Waals surface area contributed by atoms with Gasteiger partial charge in [-0.25, -0.2) is 4.39 Å². The van der Waals surface area contributed by atoms with E-state index in [1.54, 1.807) is 0 Å². The average molecular weight is 491 g/mol. The van der Waals surface area contributed by atoms with Gasteiger partial charge in [0.15, 0.2) is 0 Å². The van der Waals surface area contributed by atoms with Gasteiger partial charge in [0.25, 0.3) is 0 Å². The van der Waals surface area contributed by atoms with Crippen LogP contribution in [0.15, 0.2) is 78.9 Å². The number of hydrogen-bond acceptors (Lipinski definition) is 0. The van der Waals surface area contributed by atoms with E-state index in [-0.39, 0.29) is 5.82 Å². The predicted molar refractivity (Wildman–Crippen MR) is 157 cm³/mol. The maximum atomic E-state index is 15.3. The molecule has 0 fully saturated rings. The molecule has 0 saturated heterocycles. The molecule has 0 N–H and O–H groups in total. The quantitative estimate of drug-likeness (QED) is 0.145. The largest absolute Gasteiger partial charge is 0.206 e. The molecule has 0 aromatic heterocycles. The van der Waals surface area contributed by atoms with Crippen molar-refractivity contribution in [3.05, 3.63) is 118 Å². The lowest BCUT2D eigenvalue weighted by Crippen LogP contribution is -1.96. The van der Waals surface area contributed by atoms with Gasteiger partial charge in [0.05, 0.1) is 0 Å². The predicted octanol–water partition coefficient (Wildman–Crippen LogP) is 9.63. The Morgan fingerprint density at radius 3 is 1.84 bits per heavy atom. The van der Waals surface area contributed by atoms with E-state index in [1.165, 1.54) is 55.2 Å². The van der Waals surface area contributed by atoms with Crippen molar-refractivity contribution in [3.8, 4) is 11.8 Å². The summed E-state index contributed by atoms with van der Waals surface area (Å²) >= 11 is 0. The summed E-state index contributed by atoms with van der Waals surface area (Å²) in [6.07, 6.45) is 11.4. The summed E-state index contributed by atoms with van der Waals surface area (Å²) < 4.78 is 15.3. The van der Waals surface area contributed by atoms with Crippen LogP contribution >= 0.6 is 0 Å². The van der Waals surface area contributed by atoms with E-state index in [4.69, 9.17) is 0 Å². The van der Waals surface area contributed by atoms with Crippen molar-refractivity contribution in [2.75, 3.05) is 0 Å². The molecule has 0 radical (unpaired) electrons. The van der Waals surface area contributed by atoms with E-state index in [0.29, 0.717) is 11.8 Å². The Hall–Kier alpha value is -3.37. The first kappa shape index (κ1) is 26.7. The minimum atomic E-state index is -0.105. The molecule has 4 aromatic rings. The number of benzene rings is 4. The number of hydrogen-bond donors (Lipinski definition) is 0. The molecule has 1 heteroatoms. The summed E-state index contributed by atoms with van der Waals surface area (Å²) in [4.78, 5) is 0. The Balaban J connectivity index is 1.38. The first-order chi connectivity index (χ1) is 18.2. The van der Waals surface area contributed by atoms with Gasteiger partial charge in [-0.2, -0.15) is 0 Å². The number of aryl methyl sites for hydroxylation is 4. The van der Waals surface area contributed by atoms with E-state index >= 15 is 4.39 Å². The average Bonchev–Trinajstić information content (AvgIpc) is 2.94. The molecule has 0 nitrogen and oxygen atoms in total. The van der Waals surface area contributed by atoms with E-state index in [9.17, 15) is 0 Å². The minimum Gasteiger partial charge on any atom is -0.206 e. The van der Waals surface area contributed by atoms with Crippen molar-refractivity contribution in [3.63, 3.8) is 0 Å². The van der Waals surface area contributed by atoms with Gasteiger partial charge < -0.3 is 0 Å². The van der Waals surface area contributed by atoms with Gasteiger partial charge in [-0.15, -0.1) is 0 Å². The molecule has 190 valence electrons. The van der Waals surface area contributed by atoms with Crippen LogP contribution in [-0.4, -0.2) is 0 Å². The second-order valence-electron chi connectivity index (χ2n) is 10.2. The molecule has 0 spiro atoms. The molecule has 0 aliphatic carbocycles. The van der Waals surface area contributed by atoms with E-state index in [2.05, 4.69) is 74.2 Å². The highest BCUT2D eigenvalue weighted by Crippen LogP contribution is 2.24. The van der Waals surface area contributed by atoms with Gasteiger partial charge in [0.2, 0.25) is 0 Å². The summed E-state index contributed by atoms with van der Waals surface area (Å²) in [5, 5.41) is 1.57. The van der Waals surface area contributed by atoms with Gasteiger partial charge in [-0.05, 0) is 90.4 Å². The highest BCUT2D eigenvalue weighted by atomic mass is 19.1. The second kappa shape index (κ2) is 13.8. The Labute approximate surface area is 223 Å². The zero-order chi connectivity index (χ0) is 25.9. The Morgan fingerprint density at radius 2 is 1.14 bits per heavy atom. The summed E-state index contributed by atoms with van der Waals surface area (Å²) in [7, 11) is 0. The van der Waals surface area contributed by atoms with E-state index < -0.39 is 0 Å². The molecule has 37 heavy (non-hydrogen) atoms. The van der Waals surface area contributed by atoms with Gasteiger partial charge in [-0.3, -0.25) is 0 Å². The molecule has 0 aliphatic rings. The molecule has 0 aliphatic heterocycles. The number of rotatable bonds is 11. The second-order valence-corrected chi connectivity index (χ2v) is 10.2. The SMILES string of the molecule is CCCCCCc1ccc(C#Cc2ccc3c(F)c(CCc4ccc(CCCC)cc4)ccc3c2)cc1. The lowest BCUT2D eigenvalue weighted by atomic mass is 9.98. The normalized spacial score (nSPS) is 10.9. The van der Waals surface area contributed by atoms with Gasteiger partial charge >= 0.3 is 0 Å². The smallest absolute Gasteiger partial charge is 0.134 e. The third kappa shape index (κ3) is 7.80. The standard InChI is InChI=1S/C36H39F/c1-3-5-7-8-10-29-13-15-30(16-14-29)19-20-32-22-26-35-34(27-32)25-24-33(36(35)37)23-21-31-17-11-28(12-18-31)9-6-4-2/h11-18,22,24-27H,3-10,21,23H2,1-2H3. The van der Waals surface area contributed by atoms with Crippen molar-refractivity contribution in [2.45, 2.75) is 78.1 Å². The van der Waals surface area contributed by atoms with Gasteiger partial charge in [0.1, 0.15) is 5.82 Å². The molecular formula is C36H39F. The van der Waals surface area contributed by atoms with Crippen LogP contribution in [0.4, 0.5) is 4.39 Å². The van der Waals surface area contributed by atoms with Crippen molar-refractivity contribution in [1.29, 1.82) is 0 Å². The fourth-order valence-corrected chi connectivity index (χ4v) is 4.80. The van der Waals surface area contributed by atoms with Gasteiger partial charge in [0, 0.05) is 16.5 Å². The van der Waals surface area contributed by atoms with E-state index in [0.717, 1.165) is 41.3 Å². The van der Waals surface area contributed by atoms with Crippen LogP contribution < -0.4 is 0 Å². The molecule has 0 heterocycles. The van der Waals surface area contributed by atoms with Crippen molar-refractivity contribution >= 4 is 10.8 Å². The molecule has 0 amide bonds. The van der Waals surface area contributed by atoms with Crippen LogP contribution in [0.3, 0.4) is 0 Å². The molecule has 0 unspecified atom stereocenters. The zero-order valence-corrected chi connectivity index (χ0v) is 22.5. The third-order valence-electron chi connectivity index (χ3n) is 7.18. The lowest BCUT2D eigenvalue weighted by Gasteiger charge is -2.08. The monoisotopic (exact) mass is 490 g/mol. The van der Waals surface area contributed by atoms with Crippen LogP contribution in [0.5, 0.6) is 0 Å². The maximum absolute atomic E-state index is 15.3. The topological polar surface area (TPSA) is 0 Å². The first-order valence-electron chi connectivity index (χ1n) is 14.1. The Morgan fingerprint density at radius 1 is 0.541 bits per heavy atom. The third-order valence-corrected chi connectivity index (χ3v) is 7.18. The van der Waals surface area contributed by atoms with Crippen LogP contribution in [0.1, 0.15) is 85.8 Å². The van der Waals surface area contributed by atoms with Crippen molar-refractivity contribution in [2.24, 2.45) is 0 Å². The summed E-state index contributed by atoms with van der Waals surface area (Å²) in [6.45, 7) is 4.46. The maximum Gasteiger partial charge on any atom is 0.134 e. The summed E-state index contributed by atoms with van der Waals surface area (Å²) in [5.74, 6) is 6.42. The van der Waals surface area contributed by atoms with Crippen LogP contribution in [0, 0.1) is 17.7 Å². The Kier molecular flexibility index (Phi) is 9.96. The van der Waals surface area contributed by atoms with Gasteiger partial charge in [-0.1, -0.05) is 106 Å².